The van der Waals surface area contributed by atoms with E-state index in [1.165, 1.54) is 0 Å². The van der Waals surface area contributed by atoms with Gasteiger partial charge in [-0.3, -0.25) is 0 Å². The number of aromatic nitrogens is 2. The lowest BCUT2D eigenvalue weighted by Crippen LogP contribution is -2.15. The van der Waals surface area contributed by atoms with Crippen molar-refractivity contribution in [3.63, 3.8) is 0 Å². The smallest absolute Gasteiger partial charge is 0.371 e. The van der Waals surface area contributed by atoms with Gasteiger partial charge in [0.05, 0.1) is 5.69 Å². The van der Waals surface area contributed by atoms with Crippen molar-refractivity contribution in [1.82, 2.24) is 9.97 Å². The Kier molecular flexibility index (Phi) is 2.63. The van der Waals surface area contributed by atoms with Gasteiger partial charge in [-0.2, -0.15) is 0 Å². The molecule has 0 fully saturated rings. The Morgan fingerprint density at radius 1 is 1.32 bits per heavy atom. The van der Waals surface area contributed by atoms with Crippen molar-refractivity contribution in [2.24, 2.45) is 0 Å². The summed E-state index contributed by atoms with van der Waals surface area (Å²) in [5.74, 6) is 0.207. The normalized spacial score (nSPS) is 13.3. The average molecular weight is 260 g/mol. The monoisotopic (exact) mass is 260 g/mol. The number of rotatable bonds is 2. The molecule has 0 amide bonds. The van der Waals surface area contributed by atoms with E-state index >= 15 is 0 Å². The first-order valence-electron chi connectivity index (χ1n) is 5.85. The Hall–Kier alpha value is -2.50. The van der Waals surface area contributed by atoms with Gasteiger partial charge in [0.2, 0.25) is 5.82 Å². The largest absolute Gasteiger partial charge is 0.486 e. The molecular formula is C13H12N2O4. The van der Waals surface area contributed by atoms with E-state index in [1.54, 1.807) is 13.0 Å². The number of aromatic carboxylic acids is 1. The third-order valence-electron chi connectivity index (χ3n) is 2.90. The van der Waals surface area contributed by atoms with E-state index in [2.05, 4.69) is 9.97 Å². The van der Waals surface area contributed by atoms with Crippen LogP contribution in [-0.2, 0) is 0 Å². The molecule has 1 aliphatic rings. The summed E-state index contributed by atoms with van der Waals surface area (Å²) < 4.78 is 10.9. The van der Waals surface area contributed by atoms with Crippen LogP contribution in [0.2, 0.25) is 0 Å². The van der Waals surface area contributed by atoms with Crippen LogP contribution in [0.4, 0.5) is 0 Å². The number of hydrogen-bond donors (Lipinski definition) is 2. The van der Waals surface area contributed by atoms with Crippen molar-refractivity contribution in [2.45, 2.75) is 6.92 Å². The molecule has 2 N–H and O–H groups in total. The Morgan fingerprint density at radius 2 is 2.05 bits per heavy atom. The van der Waals surface area contributed by atoms with Gasteiger partial charge in [0.15, 0.2) is 11.5 Å². The van der Waals surface area contributed by atoms with Gasteiger partial charge in [-0.05, 0) is 25.1 Å². The fraction of sp³-hybridized carbons (Fsp3) is 0.231. The first-order chi connectivity index (χ1) is 9.15. The highest BCUT2D eigenvalue weighted by atomic mass is 16.6. The number of aryl methyl sites for hydroxylation is 1. The van der Waals surface area contributed by atoms with E-state index < -0.39 is 5.97 Å². The van der Waals surface area contributed by atoms with E-state index in [-0.39, 0.29) is 5.82 Å². The topological polar surface area (TPSA) is 84.4 Å². The molecule has 2 aromatic rings. The van der Waals surface area contributed by atoms with Gasteiger partial charge < -0.3 is 19.6 Å². The zero-order chi connectivity index (χ0) is 13.4. The lowest BCUT2D eigenvalue weighted by atomic mass is 10.1. The van der Waals surface area contributed by atoms with E-state index in [0.29, 0.717) is 36.1 Å². The van der Waals surface area contributed by atoms with Crippen LogP contribution in [0.15, 0.2) is 18.2 Å². The van der Waals surface area contributed by atoms with Crippen LogP contribution < -0.4 is 9.47 Å². The fourth-order valence-electron chi connectivity index (χ4n) is 2.03. The summed E-state index contributed by atoms with van der Waals surface area (Å²) in [4.78, 5) is 17.7. The number of nitrogens with zero attached hydrogens (tertiary/aromatic N) is 1. The predicted molar refractivity (Wildman–Crippen MR) is 66.7 cm³/mol. The molecule has 0 spiro atoms. The lowest BCUT2D eigenvalue weighted by molar-refractivity contribution is 0.0684. The number of carboxylic acid groups (broad SMARTS) is 1. The second kappa shape index (κ2) is 4.31. The number of H-pyrrole nitrogens is 1. The molecule has 98 valence electrons. The molecule has 19 heavy (non-hydrogen) atoms. The number of ether oxygens (including phenoxy) is 2. The molecule has 1 aromatic carbocycles. The minimum absolute atomic E-state index is 0.0672. The second-order valence-electron chi connectivity index (χ2n) is 4.22. The number of hydrogen-bond acceptors (Lipinski definition) is 4. The highest BCUT2D eigenvalue weighted by Crippen LogP contribution is 2.34. The average Bonchev–Trinajstić information content (AvgIpc) is 2.80. The standard InChI is InChI=1S/C13H12N2O4/c1-7-11(15-12(14-7)13(16)17)8-2-3-9-10(6-8)19-5-4-18-9/h2-3,6H,4-5H2,1H3,(H,14,15)(H,16,17). The van der Waals surface area contributed by atoms with Gasteiger partial charge >= 0.3 is 5.97 Å². The van der Waals surface area contributed by atoms with E-state index in [0.717, 1.165) is 5.56 Å². The van der Waals surface area contributed by atoms with Crippen molar-refractivity contribution in [1.29, 1.82) is 0 Å². The van der Waals surface area contributed by atoms with Crippen LogP contribution >= 0.6 is 0 Å². The maximum absolute atomic E-state index is 10.9. The van der Waals surface area contributed by atoms with Crippen molar-refractivity contribution < 1.29 is 19.4 Å². The molecule has 6 heteroatoms. The zero-order valence-corrected chi connectivity index (χ0v) is 10.3. The van der Waals surface area contributed by atoms with Crippen molar-refractivity contribution in [2.75, 3.05) is 13.2 Å². The molecule has 1 aliphatic heterocycles. The quantitative estimate of drug-likeness (QED) is 0.860. The minimum Gasteiger partial charge on any atom is -0.486 e. The van der Waals surface area contributed by atoms with Crippen molar-refractivity contribution in [3.8, 4) is 22.8 Å². The number of carbonyl (C=O) groups is 1. The maximum Gasteiger partial charge on any atom is 0.371 e. The molecule has 1 aromatic heterocycles. The summed E-state index contributed by atoms with van der Waals surface area (Å²) in [5, 5.41) is 8.92. The van der Waals surface area contributed by atoms with Gasteiger partial charge in [0.1, 0.15) is 13.2 Å². The number of aromatic amines is 1. The fourth-order valence-corrected chi connectivity index (χ4v) is 2.03. The number of nitrogens with one attached hydrogen (secondary N) is 1. The number of benzene rings is 1. The Bertz CT molecular complexity index is 648. The van der Waals surface area contributed by atoms with Crippen LogP contribution in [0.5, 0.6) is 11.5 Å². The lowest BCUT2D eigenvalue weighted by Gasteiger charge is -2.18. The first kappa shape index (κ1) is 11.6. The molecule has 0 unspecified atom stereocenters. The van der Waals surface area contributed by atoms with Crippen LogP contribution in [-0.4, -0.2) is 34.3 Å². The van der Waals surface area contributed by atoms with E-state index in [1.807, 2.05) is 12.1 Å². The maximum atomic E-state index is 10.9. The second-order valence-corrected chi connectivity index (χ2v) is 4.22. The Labute approximate surface area is 109 Å². The van der Waals surface area contributed by atoms with Gasteiger partial charge in [-0.25, -0.2) is 9.78 Å². The Balaban J connectivity index is 2.04. The third-order valence-corrected chi connectivity index (χ3v) is 2.90. The van der Waals surface area contributed by atoms with Crippen LogP contribution in [0.3, 0.4) is 0 Å². The Morgan fingerprint density at radius 3 is 2.74 bits per heavy atom. The molecule has 6 nitrogen and oxygen atoms in total. The van der Waals surface area contributed by atoms with Gasteiger partial charge in [-0.1, -0.05) is 0 Å². The summed E-state index contributed by atoms with van der Waals surface area (Å²) in [5.41, 5.74) is 2.11. The highest BCUT2D eigenvalue weighted by molar-refractivity contribution is 5.85. The third kappa shape index (κ3) is 2.01. The SMILES string of the molecule is Cc1[nH]c(C(=O)O)nc1-c1ccc2c(c1)OCCO2. The highest BCUT2D eigenvalue weighted by Gasteiger charge is 2.17. The summed E-state index contributed by atoms with van der Waals surface area (Å²) in [6.07, 6.45) is 0. The van der Waals surface area contributed by atoms with Gasteiger partial charge in [0, 0.05) is 11.3 Å². The van der Waals surface area contributed by atoms with E-state index in [9.17, 15) is 4.79 Å². The minimum atomic E-state index is -1.08. The van der Waals surface area contributed by atoms with Crippen LogP contribution in [0.25, 0.3) is 11.3 Å². The molecule has 0 radical (unpaired) electrons. The molecule has 0 atom stereocenters. The summed E-state index contributed by atoms with van der Waals surface area (Å²) >= 11 is 0. The van der Waals surface area contributed by atoms with Crippen molar-refractivity contribution in [3.05, 3.63) is 29.7 Å². The number of fused-ring (bicyclic) bond motifs is 1. The predicted octanol–water partition coefficient (Wildman–Crippen LogP) is 1.85. The van der Waals surface area contributed by atoms with Crippen LogP contribution in [0.1, 0.15) is 16.3 Å². The zero-order valence-electron chi connectivity index (χ0n) is 10.3. The number of imidazole rings is 1. The van der Waals surface area contributed by atoms with Gasteiger partial charge in [0.25, 0.3) is 0 Å². The summed E-state index contributed by atoms with van der Waals surface area (Å²) in [6, 6.07) is 5.45. The molecule has 2 heterocycles. The molecule has 0 bridgehead atoms. The van der Waals surface area contributed by atoms with E-state index in [4.69, 9.17) is 14.6 Å². The van der Waals surface area contributed by atoms with Crippen LogP contribution in [0, 0.1) is 6.92 Å². The summed E-state index contributed by atoms with van der Waals surface area (Å²) in [6.45, 7) is 2.83. The summed E-state index contributed by atoms with van der Waals surface area (Å²) in [7, 11) is 0. The molecule has 0 aliphatic carbocycles. The molecule has 0 saturated carbocycles. The van der Waals surface area contributed by atoms with Gasteiger partial charge in [-0.15, -0.1) is 0 Å². The molecular weight excluding hydrogens is 248 g/mol. The molecule has 3 rings (SSSR count). The first-order valence-corrected chi connectivity index (χ1v) is 5.85. The molecule has 0 saturated heterocycles. The number of carboxylic acids is 1. The van der Waals surface area contributed by atoms with Crippen molar-refractivity contribution >= 4 is 5.97 Å².